The van der Waals surface area contributed by atoms with Crippen molar-refractivity contribution < 1.29 is 14.3 Å². The van der Waals surface area contributed by atoms with E-state index in [9.17, 15) is 10.1 Å². The number of carbonyl (C=O) groups is 1. The van der Waals surface area contributed by atoms with Crippen LogP contribution in [0, 0.1) is 32.1 Å². The summed E-state index contributed by atoms with van der Waals surface area (Å²) in [4.78, 5) is 12.3. The van der Waals surface area contributed by atoms with Crippen LogP contribution in [0.15, 0.2) is 35.9 Å². The number of carbonyl (C=O) groups excluding carboxylic acids is 1. The molecule has 0 aliphatic rings. The number of rotatable bonds is 7. The Morgan fingerprint density at radius 2 is 2.00 bits per heavy atom. The summed E-state index contributed by atoms with van der Waals surface area (Å²) in [6.07, 6.45) is 1.59. The third-order valence-electron chi connectivity index (χ3n) is 4.39. The molecule has 1 aromatic heterocycles. The van der Waals surface area contributed by atoms with Crippen molar-refractivity contribution in [3.05, 3.63) is 64.0 Å². The highest BCUT2D eigenvalue weighted by Crippen LogP contribution is 2.19. The zero-order valence-corrected chi connectivity index (χ0v) is 15.7. The number of hydrogen-bond donors (Lipinski definition) is 0. The topological polar surface area (TPSA) is 64.2 Å². The van der Waals surface area contributed by atoms with Crippen LogP contribution in [0.25, 0.3) is 6.08 Å². The van der Waals surface area contributed by atoms with Crippen LogP contribution >= 0.6 is 0 Å². The highest BCUT2D eigenvalue weighted by molar-refractivity contribution is 5.98. The first-order valence-corrected chi connectivity index (χ1v) is 8.47. The van der Waals surface area contributed by atoms with Crippen molar-refractivity contribution in [2.24, 2.45) is 0 Å². The first-order valence-electron chi connectivity index (χ1n) is 8.47. The molecule has 1 aromatic carbocycles. The van der Waals surface area contributed by atoms with E-state index in [1.165, 1.54) is 0 Å². The van der Waals surface area contributed by atoms with Gasteiger partial charge in [0.25, 0.3) is 0 Å². The molecule has 0 spiro atoms. The minimum atomic E-state index is -0.613. The minimum Gasteiger partial charge on any atom is -0.457 e. The molecule has 5 nitrogen and oxygen atoms in total. The largest absolute Gasteiger partial charge is 0.457 e. The Balaban J connectivity index is 2.16. The molecule has 0 unspecified atom stereocenters. The predicted molar refractivity (Wildman–Crippen MR) is 100 cm³/mol. The SMILES string of the molecule is COCCn1c(C)cc(/C=C(\C#N)C(=O)OCc2ccccc2C)c1C. The molecule has 0 aliphatic carbocycles. The molecule has 0 amide bonds. The van der Waals surface area contributed by atoms with Crippen LogP contribution < -0.4 is 0 Å². The van der Waals surface area contributed by atoms with Crippen molar-refractivity contribution in [1.29, 1.82) is 5.26 Å². The molecule has 2 aromatic rings. The quantitative estimate of drug-likeness (QED) is 0.433. The molecule has 0 radical (unpaired) electrons. The molecule has 2 rings (SSSR count). The first kappa shape index (κ1) is 19.5. The van der Waals surface area contributed by atoms with Gasteiger partial charge in [-0.25, -0.2) is 4.79 Å². The maximum atomic E-state index is 12.3. The van der Waals surface area contributed by atoms with E-state index in [4.69, 9.17) is 9.47 Å². The average molecular weight is 352 g/mol. The Morgan fingerprint density at radius 3 is 2.65 bits per heavy atom. The fourth-order valence-corrected chi connectivity index (χ4v) is 2.79. The maximum Gasteiger partial charge on any atom is 0.349 e. The van der Waals surface area contributed by atoms with Gasteiger partial charge in [-0.15, -0.1) is 0 Å². The summed E-state index contributed by atoms with van der Waals surface area (Å²) in [7, 11) is 1.66. The lowest BCUT2D eigenvalue weighted by atomic mass is 10.1. The van der Waals surface area contributed by atoms with Gasteiger partial charge in [0.2, 0.25) is 0 Å². The van der Waals surface area contributed by atoms with Gasteiger partial charge >= 0.3 is 5.97 Å². The number of aryl methyl sites for hydroxylation is 2. The summed E-state index contributed by atoms with van der Waals surface area (Å²) >= 11 is 0. The van der Waals surface area contributed by atoms with Crippen molar-refractivity contribution in [3.8, 4) is 6.07 Å². The van der Waals surface area contributed by atoms with Crippen LogP contribution in [0.1, 0.15) is 28.1 Å². The van der Waals surface area contributed by atoms with Crippen molar-refractivity contribution in [2.45, 2.75) is 33.9 Å². The number of hydrogen-bond acceptors (Lipinski definition) is 4. The van der Waals surface area contributed by atoms with Crippen LogP contribution in [0.2, 0.25) is 0 Å². The summed E-state index contributed by atoms with van der Waals surface area (Å²) in [6, 6.07) is 11.6. The average Bonchev–Trinajstić information content (AvgIpc) is 2.90. The molecule has 5 heteroatoms. The number of benzene rings is 1. The molecule has 0 saturated heterocycles. The Labute approximate surface area is 154 Å². The van der Waals surface area contributed by atoms with E-state index in [0.717, 1.165) is 34.6 Å². The van der Waals surface area contributed by atoms with E-state index in [1.54, 1.807) is 13.2 Å². The van der Waals surface area contributed by atoms with E-state index in [2.05, 4.69) is 4.57 Å². The lowest BCUT2D eigenvalue weighted by Gasteiger charge is -2.08. The van der Waals surface area contributed by atoms with Crippen LogP contribution in [0.3, 0.4) is 0 Å². The van der Waals surface area contributed by atoms with Gasteiger partial charge in [0, 0.05) is 25.0 Å². The molecule has 1 heterocycles. The van der Waals surface area contributed by atoms with Crippen molar-refractivity contribution >= 4 is 12.0 Å². The monoisotopic (exact) mass is 352 g/mol. The Morgan fingerprint density at radius 1 is 1.27 bits per heavy atom. The number of ether oxygens (including phenoxy) is 2. The van der Waals surface area contributed by atoms with Crippen molar-refractivity contribution in [1.82, 2.24) is 4.57 Å². The first-order chi connectivity index (χ1) is 12.5. The lowest BCUT2D eigenvalue weighted by molar-refractivity contribution is -0.139. The minimum absolute atomic E-state index is 0.00873. The summed E-state index contributed by atoms with van der Waals surface area (Å²) in [5.74, 6) is -0.613. The number of methoxy groups -OCH3 is 1. The van der Waals surface area contributed by atoms with Gasteiger partial charge in [-0.05, 0) is 49.6 Å². The molecule has 136 valence electrons. The highest BCUT2D eigenvalue weighted by atomic mass is 16.5. The smallest absolute Gasteiger partial charge is 0.349 e. The molecule has 0 atom stereocenters. The van der Waals surface area contributed by atoms with Gasteiger partial charge in [-0.2, -0.15) is 5.26 Å². The van der Waals surface area contributed by atoms with Gasteiger partial charge in [-0.3, -0.25) is 0 Å². The third-order valence-corrected chi connectivity index (χ3v) is 4.39. The molecule has 26 heavy (non-hydrogen) atoms. The molecule has 0 N–H and O–H groups in total. The van der Waals surface area contributed by atoms with E-state index < -0.39 is 5.97 Å². The summed E-state index contributed by atoms with van der Waals surface area (Å²) in [6.45, 7) is 7.38. The second kappa shape index (κ2) is 9.02. The van der Waals surface area contributed by atoms with E-state index in [0.29, 0.717) is 6.61 Å². The van der Waals surface area contributed by atoms with E-state index in [-0.39, 0.29) is 12.2 Å². The second-order valence-corrected chi connectivity index (χ2v) is 6.14. The molecular weight excluding hydrogens is 328 g/mol. The predicted octanol–water partition coefficient (Wildman–Crippen LogP) is 3.71. The van der Waals surface area contributed by atoms with Crippen molar-refractivity contribution in [2.75, 3.05) is 13.7 Å². The van der Waals surface area contributed by atoms with Gasteiger partial charge in [0.1, 0.15) is 18.2 Å². The standard InChI is InChI=1S/C21H24N2O3/c1-15-7-5-6-8-18(15)14-26-21(24)20(13-22)12-19-11-16(2)23(17(19)3)9-10-25-4/h5-8,11-12H,9-10,14H2,1-4H3/b20-12+. The number of esters is 1. The Hall–Kier alpha value is -2.84. The zero-order valence-electron chi connectivity index (χ0n) is 15.7. The summed E-state index contributed by atoms with van der Waals surface area (Å²) in [5, 5.41) is 9.37. The van der Waals surface area contributed by atoms with Gasteiger partial charge in [0.05, 0.1) is 6.61 Å². The lowest BCUT2D eigenvalue weighted by Crippen LogP contribution is -2.08. The summed E-state index contributed by atoms with van der Waals surface area (Å²) in [5.41, 5.74) is 4.84. The van der Waals surface area contributed by atoms with Gasteiger partial charge in [-0.1, -0.05) is 24.3 Å². The molecular formula is C21H24N2O3. The summed E-state index contributed by atoms with van der Waals surface area (Å²) < 4.78 is 12.5. The fourth-order valence-electron chi connectivity index (χ4n) is 2.79. The van der Waals surface area contributed by atoms with E-state index >= 15 is 0 Å². The Kier molecular flexibility index (Phi) is 6.76. The molecule has 0 saturated carbocycles. The van der Waals surface area contributed by atoms with Crippen LogP contribution in [0.4, 0.5) is 0 Å². The van der Waals surface area contributed by atoms with Crippen molar-refractivity contribution in [3.63, 3.8) is 0 Å². The van der Waals surface area contributed by atoms with E-state index in [1.807, 2.05) is 57.2 Å². The molecule has 0 aliphatic heterocycles. The molecule has 0 bridgehead atoms. The Bertz CT molecular complexity index is 857. The van der Waals surface area contributed by atoms with Crippen LogP contribution in [0.5, 0.6) is 0 Å². The van der Waals surface area contributed by atoms with Gasteiger partial charge < -0.3 is 14.0 Å². The number of nitriles is 1. The zero-order chi connectivity index (χ0) is 19.1. The third kappa shape index (κ3) is 4.62. The van der Waals surface area contributed by atoms with Gasteiger partial charge in [0.15, 0.2) is 0 Å². The maximum absolute atomic E-state index is 12.3. The van der Waals surface area contributed by atoms with Crippen LogP contribution in [-0.4, -0.2) is 24.3 Å². The molecule has 0 fully saturated rings. The number of nitrogens with zero attached hydrogens (tertiary/aromatic N) is 2. The normalized spacial score (nSPS) is 11.3. The number of aromatic nitrogens is 1. The second-order valence-electron chi connectivity index (χ2n) is 6.14. The fraction of sp³-hybridized carbons (Fsp3) is 0.333. The highest BCUT2D eigenvalue weighted by Gasteiger charge is 2.14. The van der Waals surface area contributed by atoms with Crippen LogP contribution in [-0.2, 0) is 27.4 Å².